The minimum atomic E-state index is -0.480. The molecular weight excluding hydrogens is 352 g/mol. The fraction of sp³-hybridized carbons (Fsp3) is 0.600. The molecule has 5 nitrogen and oxygen atoms in total. The van der Waals surface area contributed by atoms with Crippen molar-refractivity contribution in [3.63, 3.8) is 0 Å². The first-order chi connectivity index (χ1) is 12.4. The van der Waals surface area contributed by atoms with Crippen molar-refractivity contribution in [2.45, 2.75) is 45.1 Å². The predicted octanol–water partition coefficient (Wildman–Crippen LogP) is 3.22. The summed E-state index contributed by atoms with van der Waals surface area (Å²) in [5.41, 5.74) is 1.27. The second kappa shape index (κ2) is 9.93. The normalized spacial score (nSPS) is 16.6. The van der Waals surface area contributed by atoms with Crippen LogP contribution in [0, 0.1) is 5.92 Å². The summed E-state index contributed by atoms with van der Waals surface area (Å²) in [6.07, 6.45) is 2.12. The zero-order valence-corrected chi connectivity index (χ0v) is 16.6. The summed E-state index contributed by atoms with van der Waals surface area (Å²) in [6, 6.07) is 7.48. The van der Waals surface area contributed by atoms with Gasteiger partial charge in [-0.25, -0.2) is 0 Å². The van der Waals surface area contributed by atoms with Crippen molar-refractivity contribution in [1.82, 2.24) is 10.2 Å². The SMILES string of the molecule is COCCC(=O)NC(C(=O)N1CCC(c2ccc(Cl)cc2)CC1)C(C)C. The fourth-order valence-electron chi connectivity index (χ4n) is 3.32. The van der Waals surface area contributed by atoms with Crippen LogP contribution in [-0.2, 0) is 14.3 Å². The lowest BCUT2D eigenvalue weighted by Gasteiger charge is -2.35. The molecule has 6 heteroatoms. The van der Waals surface area contributed by atoms with Crippen molar-refractivity contribution in [3.05, 3.63) is 34.9 Å². The van der Waals surface area contributed by atoms with Gasteiger partial charge in [0.05, 0.1) is 6.61 Å². The number of rotatable bonds is 7. The third-order valence-corrected chi connectivity index (χ3v) is 5.18. The van der Waals surface area contributed by atoms with Crippen LogP contribution < -0.4 is 5.32 Å². The summed E-state index contributed by atoms with van der Waals surface area (Å²) in [5, 5.41) is 3.61. The molecule has 1 saturated heterocycles. The minimum absolute atomic E-state index is 0.0142. The number of halogens is 1. The van der Waals surface area contributed by atoms with E-state index in [9.17, 15) is 9.59 Å². The third-order valence-electron chi connectivity index (χ3n) is 4.93. The molecule has 1 heterocycles. The van der Waals surface area contributed by atoms with Gasteiger partial charge in [0.25, 0.3) is 0 Å². The van der Waals surface area contributed by atoms with Crippen LogP contribution in [0.25, 0.3) is 0 Å². The Labute approximate surface area is 161 Å². The van der Waals surface area contributed by atoms with Crippen LogP contribution in [0.3, 0.4) is 0 Å². The highest BCUT2D eigenvalue weighted by Gasteiger charge is 2.31. The van der Waals surface area contributed by atoms with E-state index in [2.05, 4.69) is 17.4 Å². The molecular formula is C20H29ClN2O3. The molecule has 0 radical (unpaired) electrons. The lowest BCUT2D eigenvalue weighted by atomic mass is 9.89. The van der Waals surface area contributed by atoms with Gasteiger partial charge < -0.3 is 15.0 Å². The van der Waals surface area contributed by atoms with Gasteiger partial charge in [0.2, 0.25) is 11.8 Å². The molecule has 1 aliphatic rings. The molecule has 0 aromatic heterocycles. The molecule has 0 saturated carbocycles. The summed E-state index contributed by atoms with van der Waals surface area (Å²) in [6.45, 7) is 5.70. The molecule has 2 rings (SSSR count). The second-order valence-corrected chi connectivity index (χ2v) is 7.62. The third kappa shape index (κ3) is 5.71. The lowest BCUT2D eigenvalue weighted by Crippen LogP contribution is -2.53. The Morgan fingerprint density at radius 3 is 2.38 bits per heavy atom. The highest BCUT2D eigenvalue weighted by molar-refractivity contribution is 6.30. The molecule has 0 aliphatic carbocycles. The number of carbonyl (C=O) groups excluding carboxylic acids is 2. The van der Waals surface area contributed by atoms with Crippen LogP contribution in [0.5, 0.6) is 0 Å². The number of methoxy groups -OCH3 is 1. The smallest absolute Gasteiger partial charge is 0.245 e. The predicted molar refractivity (Wildman–Crippen MR) is 103 cm³/mol. The number of likely N-dealkylation sites (tertiary alicyclic amines) is 1. The topological polar surface area (TPSA) is 58.6 Å². The Morgan fingerprint density at radius 2 is 1.85 bits per heavy atom. The second-order valence-electron chi connectivity index (χ2n) is 7.18. The van der Waals surface area contributed by atoms with E-state index in [0.717, 1.165) is 17.9 Å². The first kappa shape index (κ1) is 20.7. The number of benzene rings is 1. The quantitative estimate of drug-likeness (QED) is 0.790. The molecule has 0 bridgehead atoms. The number of hydrogen-bond acceptors (Lipinski definition) is 3. The average Bonchev–Trinajstić information content (AvgIpc) is 2.64. The van der Waals surface area contributed by atoms with Gasteiger partial charge in [0.15, 0.2) is 0 Å². The standard InChI is InChI=1S/C20H29ClN2O3/c1-14(2)19(22-18(24)10-13-26-3)20(25)23-11-8-16(9-12-23)15-4-6-17(21)7-5-15/h4-7,14,16,19H,8-13H2,1-3H3,(H,22,24). The van der Waals surface area contributed by atoms with Crippen molar-refractivity contribution < 1.29 is 14.3 Å². The molecule has 1 aromatic carbocycles. The van der Waals surface area contributed by atoms with E-state index in [1.807, 2.05) is 30.9 Å². The molecule has 144 valence electrons. The number of amides is 2. The number of nitrogens with zero attached hydrogens (tertiary/aromatic N) is 1. The van der Waals surface area contributed by atoms with Crippen molar-refractivity contribution >= 4 is 23.4 Å². The summed E-state index contributed by atoms with van der Waals surface area (Å²) in [4.78, 5) is 26.8. The maximum absolute atomic E-state index is 12.9. The molecule has 1 unspecified atom stereocenters. The highest BCUT2D eigenvalue weighted by atomic mass is 35.5. The Kier molecular flexibility index (Phi) is 7.91. The van der Waals surface area contributed by atoms with Gasteiger partial charge in [-0.15, -0.1) is 0 Å². The zero-order chi connectivity index (χ0) is 19.1. The molecule has 2 amide bonds. The van der Waals surface area contributed by atoms with Crippen LogP contribution in [0.15, 0.2) is 24.3 Å². The first-order valence-corrected chi connectivity index (χ1v) is 9.62. The lowest BCUT2D eigenvalue weighted by molar-refractivity contribution is -0.138. The Morgan fingerprint density at radius 1 is 1.23 bits per heavy atom. The van der Waals surface area contributed by atoms with Crippen molar-refractivity contribution in [2.24, 2.45) is 5.92 Å². The summed E-state index contributed by atoms with van der Waals surface area (Å²) in [7, 11) is 1.56. The van der Waals surface area contributed by atoms with Gasteiger partial charge in [0, 0.05) is 31.6 Å². The molecule has 0 spiro atoms. The van der Waals surface area contributed by atoms with Crippen molar-refractivity contribution in [2.75, 3.05) is 26.8 Å². The zero-order valence-electron chi connectivity index (χ0n) is 15.8. The fourth-order valence-corrected chi connectivity index (χ4v) is 3.44. The van der Waals surface area contributed by atoms with Gasteiger partial charge in [-0.1, -0.05) is 37.6 Å². The Hall–Kier alpha value is -1.59. The Balaban J connectivity index is 1.92. The van der Waals surface area contributed by atoms with Crippen LogP contribution >= 0.6 is 11.6 Å². The molecule has 1 atom stereocenters. The van der Waals surface area contributed by atoms with Gasteiger partial charge in [-0.2, -0.15) is 0 Å². The van der Waals surface area contributed by atoms with Gasteiger partial charge in [-0.05, 0) is 42.4 Å². The van der Waals surface area contributed by atoms with Crippen LogP contribution in [0.2, 0.25) is 5.02 Å². The van der Waals surface area contributed by atoms with Crippen molar-refractivity contribution in [1.29, 1.82) is 0 Å². The monoisotopic (exact) mass is 380 g/mol. The number of hydrogen-bond donors (Lipinski definition) is 1. The minimum Gasteiger partial charge on any atom is -0.384 e. The molecule has 1 fully saturated rings. The first-order valence-electron chi connectivity index (χ1n) is 9.25. The van der Waals surface area contributed by atoms with Crippen LogP contribution in [0.4, 0.5) is 0 Å². The molecule has 26 heavy (non-hydrogen) atoms. The number of nitrogens with one attached hydrogen (secondary N) is 1. The van der Waals surface area contributed by atoms with Gasteiger partial charge in [-0.3, -0.25) is 9.59 Å². The summed E-state index contributed by atoms with van der Waals surface area (Å²) in [5.74, 6) is 0.364. The van der Waals surface area contributed by atoms with E-state index in [4.69, 9.17) is 16.3 Å². The average molecular weight is 381 g/mol. The van der Waals surface area contributed by atoms with Crippen LogP contribution in [0.1, 0.15) is 44.6 Å². The largest absolute Gasteiger partial charge is 0.384 e. The molecule has 1 aromatic rings. The van der Waals surface area contributed by atoms with Crippen LogP contribution in [-0.4, -0.2) is 49.6 Å². The van der Waals surface area contributed by atoms with E-state index in [1.54, 1.807) is 7.11 Å². The highest BCUT2D eigenvalue weighted by Crippen LogP contribution is 2.29. The van der Waals surface area contributed by atoms with E-state index in [0.29, 0.717) is 25.6 Å². The van der Waals surface area contributed by atoms with E-state index in [1.165, 1.54) is 5.56 Å². The summed E-state index contributed by atoms with van der Waals surface area (Å²) >= 11 is 5.96. The van der Waals surface area contributed by atoms with E-state index < -0.39 is 6.04 Å². The molecule has 1 aliphatic heterocycles. The Bertz CT molecular complexity index is 596. The number of ether oxygens (including phenoxy) is 1. The number of carbonyl (C=O) groups is 2. The summed E-state index contributed by atoms with van der Waals surface area (Å²) < 4.78 is 4.93. The van der Waals surface area contributed by atoms with Crippen molar-refractivity contribution in [3.8, 4) is 0 Å². The van der Waals surface area contributed by atoms with Gasteiger partial charge in [0.1, 0.15) is 6.04 Å². The van der Waals surface area contributed by atoms with E-state index in [-0.39, 0.29) is 24.2 Å². The maximum atomic E-state index is 12.9. The maximum Gasteiger partial charge on any atom is 0.245 e. The van der Waals surface area contributed by atoms with E-state index >= 15 is 0 Å². The van der Waals surface area contributed by atoms with Gasteiger partial charge >= 0.3 is 0 Å². The number of piperidine rings is 1. The molecule has 1 N–H and O–H groups in total.